The van der Waals surface area contributed by atoms with E-state index in [0.717, 1.165) is 0 Å². The van der Waals surface area contributed by atoms with Crippen LogP contribution in [-0.2, 0) is 0 Å². The van der Waals surface area contributed by atoms with Crippen molar-refractivity contribution < 1.29 is 0 Å². The number of hydrogen-bond donors (Lipinski definition) is 1. The summed E-state index contributed by atoms with van der Waals surface area (Å²) in [6.07, 6.45) is 0. The lowest BCUT2D eigenvalue weighted by Gasteiger charge is -2.04. The molecule has 1 nitrogen and oxygen atoms in total. The SMILES string of the molecule is BNc1cc(C)ccc1C. The van der Waals surface area contributed by atoms with Gasteiger partial charge in [0, 0.05) is 5.69 Å². The highest BCUT2D eigenvalue weighted by molar-refractivity contribution is 6.16. The minimum Gasteiger partial charge on any atom is -0.434 e. The van der Waals surface area contributed by atoms with E-state index in [1.54, 1.807) is 0 Å². The molecule has 0 saturated carbocycles. The van der Waals surface area contributed by atoms with E-state index in [9.17, 15) is 0 Å². The van der Waals surface area contributed by atoms with E-state index >= 15 is 0 Å². The number of hydrogen-bond acceptors (Lipinski definition) is 1. The normalized spacial score (nSPS) is 9.40. The second-order valence-corrected chi connectivity index (χ2v) is 2.57. The van der Waals surface area contributed by atoms with Crippen LogP contribution in [0.2, 0.25) is 0 Å². The Labute approximate surface area is 62.9 Å². The van der Waals surface area contributed by atoms with Crippen LogP contribution in [0.25, 0.3) is 0 Å². The van der Waals surface area contributed by atoms with Crippen LogP contribution in [0, 0.1) is 13.8 Å². The van der Waals surface area contributed by atoms with Crippen molar-refractivity contribution in [3.63, 3.8) is 0 Å². The molecule has 0 saturated heterocycles. The molecule has 0 amide bonds. The molecule has 10 heavy (non-hydrogen) atoms. The summed E-state index contributed by atoms with van der Waals surface area (Å²) >= 11 is 0. The van der Waals surface area contributed by atoms with Crippen LogP contribution < -0.4 is 5.23 Å². The highest BCUT2D eigenvalue weighted by Gasteiger charge is 1.92. The smallest absolute Gasteiger partial charge is 0.213 e. The van der Waals surface area contributed by atoms with Gasteiger partial charge in [0.05, 0.1) is 0 Å². The molecule has 0 aromatic heterocycles. The Hall–Kier alpha value is -0.915. The lowest BCUT2D eigenvalue weighted by Crippen LogP contribution is -1.93. The van der Waals surface area contributed by atoms with Gasteiger partial charge in [-0.1, -0.05) is 12.1 Å². The third-order valence-corrected chi connectivity index (χ3v) is 1.66. The number of benzene rings is 1. The maximum atomic E-state index is 3.14. The van der Waals surface area contributed by atoms with Gasteiger partial charge in [-0.2, -0.15) is 0 Å². The molecule has 0 atom stereocenters. The van der Waals surface area contributed by atoms with Crippen molar-refractivity contribution in [2.24, 2.45) is 0 Å². The molecule has 1 rings (SSSR count). The molecular weight excluding hydrogens is 121 g/mol. The van der Waals surface area contributed by atoms with Crippen molar-refractivity contribution >= 4 is 13.7 Å². The van der Waals surface area contributed by atoms with Crippen molar-refractivity contribution in [2.75, 3.05) is 5.23 Å². The average molecular weight is 133 g/mol. The molecule has 0 unspecified atom stereocenters. The van der Waals surface area contributed by atoms with Crippen LogP contribution in [0.1, 0.15) is 11.1 Å². The van der Waals surface area contributed by atoms with Gasteiger partial charge in [-0.05, 0) is 31.0 Å². The molecule has 0 aliphatic rings. The molecule has 2 heteroatoms. The third-order valence-electron chi connectivity index (χ3n) is 1.66. The first kappa shape index (κ1) is 7.20. The fourth-order valence-corrected chi connectivity index (χ4v) is 1.01. The third kappa shape index (κ3) is 1.32. The Balaban J connectivity index is 3.09. The largest absolute Gasteiger partial charge is 0.434 e. The molecule has 52 valence electrons. The van der Waals surface area contributed by atoms with Gasteiger partial charge >= 0.3 is 0 Å². The van der Waals surface area contributed by atoms with Crippen molar-refractivity contribution in [1.82, 2.24) is 0 Å². The monoisotopic (exact) mass is 133 g/mol. The number of rotatable bonds is 1. The summed E-state index contributed by atoms with van der Waals surface area (Å²) in [5.74, 6) is 0. The second kappa shape index (κ2) is 2.78. The molecule has 0 aliphatic carbocycles. The zero-order valence-corrected chi connectivity index (χ0v) is 6.73. The average Bonchev–Trinajstić information content (AvgIpc) is 1.94. The molecule has 0 fully saturated rings. The van der Waals surface area contributed by atoms with Gasteiger partial charge < -0.3 is 5.23 Å². The Morgan fingerprint density at radius 2 is 2.00 bits per heavy atom. The van der Waals surface area contributed by atoms with Crippen LogP contribution in [0.5, 0.6) is 0 Å². The van der Waals surface area contributed by atoms with Gasteiger partial charge in [0.1, 0.15) is 0 Å². The molecule has 1 aromatic carbocycles. The van der Waals surface area contributed by atoms with Gasteiger partial charge in [0.2, 0.25) is 7.98 Å². The van der Waals surface area contributed by atoms with Crippen LogP contribution >= 0.6 is 0 Å². The summed E-state index contributed by atoms with van der Waals surface area (Å²) in [6.45, 7) is 4.20. The topological polar surface area (TPSA) is 12.0 Å². The van der Waals surface area contributed by atoms with E-state index in [0.29, 0.717) is 0 Å². The first-order chi connectivity index (χ1) is 4.74. The van der Waals surface area contributed by atoms with Crippen LogP contribution in [0.3, 0.4) is 0 Å². The molecule has 0 heterocycles. The Bertz CT molecular complexity index is 233. The van der Waals surface area contributed by atoms with Gasteiger partial charge in [-0.3, -0.25) is 0 Å². The van der Waals surface area contributed by atoms with E-state index in [-0.39, 0.29) is 0 Å². The maximum absolute atomic E-state index is 3.14. The minimum atomic E-state index is 1.22. The van der Waals surface area contributed by atoms with Crippen LogP contribution in [0.4, 0.5) is 5.69 Å². The van der Waals surface area contributed by atoms with Crippen molar-refractivity contribution in [2.45, 2.75) is 13.8 Å². The summed E-state index contributed by atoms with van der Waals surface area (Å²) in [6, 6.07) is 6.40. The Kier molecular flexibility index (Phi) is 2.00. The summed E-state index contributed by atoms with van der Waals surface area (Å²) in [4.78, 5) is 0. The maximum Gasteiger partial charge on any atom is 0.213 e. The molecule has 1 N–H and O–H groups in total. The van der Waals surface area contributed by atoms with Gasteiger partial charge in [-0.25, -0.2) is 0 Å². The van der Waals surface area contributed by atoms with E-state index in [4.69, 9.17) is 0 Å². The highest BCUT2D eigenvalue weighted by Crippen LogP contribution is 2.14. The van der Waals surface area contributed by atoms with Gasteiger partial charge in [0.15, 0.2) is 0 Å². The van der Waals surface area contributed by atoms with E-state index in [1.165, 1.54) is 16.8 Å². The zero-order valence-electron chi connectivity index (χ0n) is 6.73. The Morgan fingerprint density at radius 1 is 1.30 bits per heavy atom. The van der Waals surface area contributed by atoms with E-state index in [2.05, 4.69) is 37.3 Å². The van der Waals surface area contributed by atoms with Crippen molar-refractivity contribution in [3.8, 4) is 0 Å². The highest BCUT2D eigenvalue weighted by atomic mass is 14.7. The summed E-state index contributed by atoms with van der Waals surface area (Å²) in [5, 5.41) is 3.14. The molecule has 0 spiro atoms. The van der Waals surface area contributed by atoms with Crippen molar-refractivity contribution in [1.29, 1.82) is 0 Å². The predicted octanol–water partition coefficient (Wildman–Crippen LogP) is 1.26. The van der Waals surface area contributed by atoms with E-state index in [1.807, 2.05) is 7.98 Å². The van der Waals surface area contributed by atoms with Crippen LogP contribution in [-0.4, -0.2) is 7.98 Å². The van der Waals surface area contributed by atoms with Crippen molar-refractivity contribution in [3.05, 3.63) is 29.3 Å². The number of anilines is 1. The molecule has 0 aliphatic heterocycles. The summed E-state index contributed by atoms with van der Waals surface area (Å²) in [7, 11) is 1.95. The van der Waals surface area contributed by atoms with Gasteiger partial charge in [0.25, 0.3) is 0 Å². The first-order valence-electron chi connectivity index (χ1n) is 3.49. The Morgan fingerprint density at radius 3 is 2.50 bits per heavy atom. The lowest BCUT2D eigenvalue weighted by molar-refractivity contribution is 1.40. The predicted molar refractivity (Wildman–Crippen MR) is 48.1 cm³/mol. The summed E-state index contributed by atoms with van der Waals surface area (Å²) < 4.78 is 0. The molecule has 0 radical (unpaired) electrons. The molecule has 1 aromatic rings. The number of aryl methyl sites for hydroxylation is 2. The fourth-order valence-electron chi connectivity index (χ4n) is 1.01. The fraction of sp³-hybridized carbons (Fsp3) is 0.250. The second-order valence-electron chi connectivity index (χ2n) is 2.57. The quantitative estimate of drug-likeness (QED) is 0.568. The minimum absolute atomic E-state index is 1.22. The number of nitrogens with one attached hydrogen (secondary N) is 1. The van der Waals surface area contributed by atoms with Crippen LogP contribution in [0.15, 0.2) is 18.2 Å². The molecular formula is C8H12BN. The zero-order chi connectivity index (χ0) is 7.56. The summed E-state index contributed by atoms with van der Waals surface area (Å²) in [5.41, 5.74) is 3.82. The van der Waals surface area contributed by atoms with Gasteiger partial charge in [-0.15, -0.1) is 0 Å². The lowest BCUT2D eigenvalue weighted by atomic mass is 10.1. The first-order valence-corrected chi connectivity index (χ1v) is 3.49. The standard InChI is InChI=1S/C8H12BN/c1-6-3-4-7(2)8(5-6)10-9/h3-5,10H,9H2,1-2H3. The van der Waals surface area contributed by atoms with E-state index < -0.39 is 0 Å². The molecule has 0 bridgehead atoms.